The average molecular weight is 473 g/mol. The van der Waals surface area contributed by atoms with Crippen molar-refractivity contribution < 1.29 is 19.4 Å². The number of amides is 2. The molecule has 0 bridgehead atoms. The Morgan fingerprint density at radius 3 is 2.65 bits per heavy atom. The van der Waals surface area contributed by atoms with Crippen molar-refractivity contribution in [2.24, 2.45) is 28.6 Å². The first kappa shape index (κ1) is 23.9. The Kier molecular flexibility index (Phi) is 6.08. The number of rotatable bonds is 4. The molecule has 1 aromatic heterocycles. The number of aliphatic hydroxyl groups excluding tert-OH is 1. The molecule has 8 atom stereocenters. The summed E-state index contributed by atoms with van der Waals surface area (Å²) in [5, 5.41) is 27.1. The van der Waals surface area contributed by atoms with Crippen molar-refractivity contribution in [1.29, 1.82) is 0 Å². The van der Waals surface area contributed by atoms with Crippen LogP contribution >= 0.6 is 0 Å². The third kappa shape index (κ3) is 3.62. The molecule has 4 fully saturated rings. The summed E-state index contributed by atoms with van der Waals surface area (Å²) in [6, 6.07) is 3.38. The Hall–Kier alpha value is -1.86. The van der Waals surface area contributed by atoms with Crippen molar-refractivity contribution >= 4 is 6.03 Å². The highest BCUT2D eigenvalue weighted by molar-refractivity contribution is 5.74. The quantitative estimate of drug-likeness (QED) is 0.536. The van der Waals surface area contributed by atoms with Crippen LogP contribution in [0.15, 0.2) is 27.6 Å². The normalized spacial score (nSPS) is 43.4. The zero-order valence-electron chi connectivity index (χ0n) is 20.5. The third-order valence-electron chi connectivity index (χ3n) is 10.7. The van der Waals surface area contributed by atoms with E-state index in [0.717, 1.165) is 63.4 Å². The minimum atomic E-state index is -0.690. The number of nitrogens with one attached hydrogen (secondary N) is 2. The van der Waals surface area contributed by atoms with E-state index in [4.69, 9.17) is 9.52 Å². The van der Waals surface area contributed by atoms with E-state index in [1.54, 1.807) is 6.26 Å². The molecule has 5 rings (SSSR count). The summed E-state index contributed by atoms with van der Waals surface area (Å²) in [4.78, 5) is 23.6. The Morgan fingerprint density at radius 1 is 1.09 bits per heavy atom. The smallest absolute Gasteiger partial charge is 0.335 e. The Labute approximate surface area is 201 Å². The number of carbonyl (C=O) groups excluding carboxylic acids is 1. The van der Waals surface area contributed by atoms with Gasteiger partial charge in [-0.1, -0.05) is 13.8 Å². The van der Waals surface area contributed by atoms with Crippen LogP contribution in [0.5, 0.6) is 0 Å². The van der Waals surface area contributed by atoms with E-state index in [1.807, 2.05) is 6.07 Å². The molecular formula is C27H40N2O5. The summed E-state index contributed by atoms with van der Waals surface area (Å²) < 4.78 is 5.20. The van der Waals surface area contributed by atoms with Gasteiger partial charge in [-0.05, 0) is 98.5 Å². The van der Waals surface area contributed by atoms with Crippen LogP contribution in [-0.4, -0.2) is 41.0 Å². The molecular weight excluding hydrogens is 432 g/mol. The summed E-state index contributed by atoms with van der Waals surface area (Å²) in [6.07, 6.45) is 10.6. The van der Waals surface area contributed by atoms with Gasteiger partial charge in [0.2, 0.25) is 0 Å². The second kappa shape index (κ2) is 8.66. The molecule has 4 N–H and O–H groups in total. The zero-order valence-corrected chi connectivity index (χ0v) is 20.5. The molecule has 4 saturated carbocycles. The highest BCUT2D eigenvalue weighted by atomic mass is 16.4. The highest BCUT2D eigenvalue weighted by Crippen LogP contribution is 2.70. The highest BCUT2D eigenvalue weighted by Gasteiger charge is 2.67. The van der Waals surface area contributed by atoms with Crippen LogP contribution in [0.2, 0.25) is 0 Å². The maximum Gasteiger partial charge on any atom is 0.335 e. The summed E-state index contributed by atoms with van der Waals surface area (Å²) in [6.45, 7) is 4.94. The third-order valence-corrected chi connectivity index (χ3v) is 10.7. The van der Waals surface area contributed by atoms with Gasteiger partial charge < -0.3 is 25.3 Å². The topological polar surface area (TPSA) is 112 Å². The fraction of sp³-hybridized carbons (Fsp3) is 0.778. The summed E-state index contributed by atoms with van der Waals surface area (Å²) in [7, 11) is 0. The van der Waals surface area contributed by atoms with Gasteiger partial charge in [-0.25, -0.2) is 9.59 Å². The Bertz CT molecular complexity index is 960. The number of urea groups is 1. The molecule has 0 aromatic carbocycles. The van der Waals surface area contributed by atoms with Crippen LogP contribution in [0.4, 0.5) is 4.79 Å². The van der Waals surface area contributed by atoms with Crippen molar-refractivity contribution in [3.05, 3.63) is 34.4 Å². The van der Waals surface area contributed by atoms with Crippen LogP contribution in [-0.2, 0) is 0 Å². The van der Waals surface area contributed by atoms with Crippen LogP contribution in [0.1, 0.15) is 83.1 Å². The fourth-order valence-corrected chi connectivity index (χ4v) is 8.86. The lowest BCUT2D eigenvalue weighted by Crippen LogP contribution is -2.62. The van der Waals surface area contributed by atoms with E-state index in [1.165, 1.54) is 6.07 Å². The maximum atomic E-state index is 12.3. The van der Waals surface area contributed by atoms with E-state index in [9.17, 15) is 14.7 Å². The van der Waals surface area contributed by atoms with Gasteiger partial charge in [0.05, 0.1) is 18.5 Å². The molecule has 2 amide bonds. The van der Waals surface area contributed by atoms with Crippen molar-refractivity contribution in [1.82, 2.24) is 10.6 Å². The number of fused-ring (bicyclic) bond motifs is 5. The Balaban J connectivity index is 1.33. The number of hydrogen-bond donors (Lipinski definition) is 4. The first-order chi connectivity index (χ1) is 16.2. The van der Waals surface area contributed by atoms with Crippen molar-refractivity contribution in [2.45, 2.75) is 89.2 Å². The molecule has 34 heavy (non-hydrogen) atoms. The molecule has 188 valence electrons. The number of aliphatic hydroxyl groups is 2. The molecule has 1 heterocycles. The minimum Gasteiger partial charge on any atom is -0.431 e. The number of carbonyl (C=O) groups is 1. The van der Waals surface area contributed by atoms with Gasteiger partial charge in [-0.3, -0.25) is 0 Å². The monoisotopic (exact) mass is 472 g/mol. The zero-order chi connectivity index (χ0) is 24.1. The second-order valence-corrected chi connectivity index (χ2v) is 11.9. The fourth-order valence-electron chi connectivity index (χ4n) is 8.86. The van der Waals surface area contributed by atoms with Gasteiger partial charge >= 0.3 is 11.7 Å². The maximum absolute atomic E-state index is 12.3. The van der Waals surface area contributed by atoms with Gasteiger partial charge in [0.1, 0.15) is 0 Å². The van der Waals surface area contributed by atoms with Crippen molar-refractivity contribution in [2.75, 3.05) is 13.2 Å². The lowest BCUT2D eigenvalue weighted by atomic mass is 9.43. The van der Waals surface area contributed by atoms with E-state index < -0.39 is 5.60 Å². The van der Waals surface area contributed by atoms with E-state index in [0.29, 0.717) is 17.8 Å². The standard InChI is InChI=1S/C27H40N2O5/c1-25-10-7-19(29-24(32)28-13-14-30)15-18(25)4-5-22-21(25)8-11-26(2)20(9-12-27(22,26)33)17-3-6-23(31)34-16-17/h3,6,16,18-22,30,33H,4-5,7-15H2,1-2H3,(H2,28,29,32)/t18-,19-,20-,21+,22-,25+,26-,27+/m1/s1. The molecule has 4 aliphatic carbocycles. The van der Waals surface area contributed by atoms with E-state index in [-0.39, 0.29) is 47.6 Å². The molecule has 0 saturated heterocycles. The average Bonchev–Trinajstić information content (AvgIpc) is 3.10. The number of hydrogen-bond acceptors (Lipinski definition) is 5. The molecule has 0 aliphatic heterocycles. The predicted molar refractivity (Wildman–Crippen MR) is 128 cm³/mol. The minimum absolute atomic E-state index is 0.0523. The first-order valence-electron chi connectivity index (χ1n) is 13.2. The van der Waals surface area contributed by atoms with Crippen LogP contribution in [0.3, 0.4) is 0 Å². The predicted octanol–water partition coefficient (Wildman–Crippen LogP) is 3.54. The second-order valence-electron chi connectivity index (χ2n) is 11.9. The van der Waals surface area contributed by atoms with Gasteiger partial charge in [0.25, 0.3) is 0 Å². The van der Waals surface area contributed by atoms with E-state index in [2.05, 4.69) is 24.5 Å². The Morgan fingerprint density at radius 2 is 1.91 bits per heavy atom. The first-order valence-corrected chi connectivity index (χ1v) is 13.2. The van der Waals surface area contributed by atoms with Crippen LogP contribution in [0, 0.1) is 28.6 Å². The van der Waals surface area contributed by atoms with E-state index >= 15 is 0 Å². The van der Waals surface area contributed by atoms with Gasteiger partial charge in [0.15, 0.2) is 0 Å². The SMILES string of the molecule is C[C@]12CC[C@@H](NC(=O)NCCO)C[C@H]1CC[C@@H]1[C@@H]2CC[C@]2(C)[C@@H](c3ccc(=O)oc3)CC[C@]12O. The van der Waals surface area contributed by atoms with Crippen LogP contribution in [0.25, 0.3) is 0 Å². The van der Waals surface area contributed by atoms with Crippen molar-refractivity contribution in [3.8, 4) is 0 Å². The van der Waals surface area contributed by atoms with Crippen LogP contribution < -0.4 is 16.3 Å². The lowest BCUT2D eigenvalue weighted by Gasteiger charge is -2.63. The van der Waals surface area contributed by atoms with Gasteiger partial charge in [-0.2, -0.15) is 0 Å². The summed E-state index contributed by atoms with van der Waals surface area (Å²) >= 11 is 0. The van der Waals surface area contributed by atoms with Crippen molar-refractivity contribution in [3.63, 3.8) is 0 Å². The summed E-state index contributed by atoms with van der Waals surface area (Å²) in [5.74, 6) is 1.57. The lowest BCUT2D eigenvalue weighted by molar-refractivity contribution is -0.201. The molecule has 0 radical (unpaired) electrons. The van der Waals surface area contributed by atoms with Gasteiger partial charge in [-0.15, -0.1) is 0 Å². The molecule has 4 aliphatic rings. The molecule has 0 spiro atoms. The molecule has 1 aromatic rings. The molecule has 0 unspecified atom stereocenters. The molecule has 7 heteroatoms. The molecule has 7 nitrogen and oxygen atoms in total. The van der Waals surface area contributed by atoms with Gasteiger partial charge in [0, 0.05) is 24.1 Å². The summed E-state index contributed by atoms with van der Waals surface area (Å²) in [5.41, 5.74) is 0.0119. The largest absolute Gasteiger partial charge is 0.431 e.